The van der Waals surface area contributed by atoms with Crippen LogP contribution in [0.5, 0.6) is 0 Å². The molecule has 1 aliphatic rings. The van der Waals surface area contributed by atoms with E-state index in [0.717, 1.165) is 17.0 Å². The van der Waals surface area contributed by atoms with Gasteiger partial charge in [0, 0.05) is 24.5 Å². The SMILES string of the molecule is Cc1ccc(NC(=O)CSc2nc(C)cc(C)n2)c(S(=O)(=O)N2CCOCC2)c1. The Hall–Kier alpha value is -2.01. The second kappa shape index (κ2) is 9.21. The fourth-order valence-corrected chi connectivity index (χ4v) is 5.34. The largest absolute Gasteiger partial charge is 0.379 e. The van der Waals surface area contributed by atoms with Crippen LogP contribution in [0.4, 0.5) is 5.69 Å². The molecule has 1 N–H and O–H groups in total. The molecular weight excluding hydrogens is 412 g/mol. The average Bonchev–Trinajstić information content (AvgIpc) is 2.68. The maximum atomic E-state index is 13.1. The maximum Gasteiger partial charge on any atom is 0.245 e. The first-order valence-corrected chi connectivity index (χ1v) is 11.6. The quantitative estimate of drug-likeness (QED) is 0.547. The van der Waals surface area contributed by atoms with Crippen molar-refractivity contribution in [1.82, 2.24) is 14.3 Å². The van der Waals surface area contributed by atoms with Crippen molar-refractivity contribution in [2.45, 2.75) is 30.8 Å². The van der Waals surface area contributed by atoms with Crippen molar-refractivity contribution < 1.29 is 17.9 Å². The summed E-state index contributed by atoms with van der Waals surface area (Å²) < 4.78 is 32.8. The average molecular weight is 437 g/mol. The highest BCUT2D eigenvalue weighted by Gasteiger charge is 2.29. The molecule has 1 aliphatic heterocycles. The van der Waals surface area contributed by atoms with E-state index >= 15 is 0 Å². The van der Waals surface area contributed by atoms with Gasteiger partial charge in [-0.1, -0.05) is 17.8 Å². The van der Waals surface area contributed by atoms with Gasteiger partial charge in [0.15, 0.2) is 5.16 Å². The lowest BCUT2D eigenvalue weighted by atomic mass is 10.2. The van der Waals surface area contributed by atoms with E-state index < -0.39 is 10.0 Å². The summed E-state index contributed by atoms with van der Waals surface area (Å²) in [5.74, 6) is -0.242. The molecule has 29 heavy (non-hydrogen) atoms. The van der Waals surface area contributed by atoms with Crippen LogP contribution in [0.2, 0.25) is 0 Å². The number of thioether (sulfide) groups is 1. The predicted octanol–water partition coefficient (Wildman–Crippen LogP) is 2.15. The van der Waals surface area contributed by atoms with Gasteiger partial charge in [0.25, 0.3) is 0 Å². The first kappa shape index (κ1) is 21.7. The number of morpholine rings is 1. The molecule has 0 bridgehead atoms. The minimum Gasteiger partial charge on any atom is -0.379 e. The Labute approximate surface area is 175 Å². The number of aryl methyl sites for hydroxylation is 3. The minimum atomic E-state index is -3.73. The number of nitrogens with zero attached hydrogens (tertiary/aromatic N) is 3. The Bertz CT molecular complexity index is 985. The Balaban J connectivity index is 1.76. The van der Waals surface area contributed by atoms with E-state index in [9.17, 15) is 13.2 Å². The van der Waals surface area contributed by atoms with Crippen molar-refractivity contribution in [1.29, 1.82) is 0 Å². The van der Waals surface area contributed by atoms with Crippen LogP contribution in [-0.4, -0.2) is 60.7 Å². The highest BCUT2D eigenvalue weighted by atomic mass is 32.2. The van der Waals surface area contributed by atoms with Gasteiger partial charge in [-0.15, -0.1) is 0 Å². The van der Waals surface area contributed by atoms with Crippen molar-refractivity contribution >= 4 is 33.4 Å². The topological polar surface area (TPSA) is 101 Å². The summed E-state index contributed by atoms with van der Waals surface area (Å²) in [5.41, 5.74) is 2.73. The summed E-state index contributed by atoms with van der Waals surface area (Å²) in [6.07, 6.45) is 0. The van der Waals surface area contributed by atoms with Crippen LogP contribution in [-0.2, 0) is 19.6 Å². The zero-order valence-electron chi connectivity index (χ0n) is 16.6. The molecule has 0 aliphatic carbocycles. The lowest BCUT2D eigenvalue weighted by molar-refractivity contribution is -0.113. The Morgan fingerprint density at radius 3 is 2.45 bits per heavy atom. The van der Waals surface area contributed by atoms with Gasteiger partial charge in [0.05, 0.1) is 24.7 Å². The number of anilines is 1. The van der Waals surface area contributed by atoms with E-state index in [4.69, 9.17) is 4.74 Å². The van der Waals surface area contributed by atoms with E-state index in [2.05, 4.69) is 15.3 Å². The van der Waals surface area contributed by atoms with Crippen LogP contribution in [0.3, 0.4) is 0 Å². The van der Waals surface area contributed by atoms with Crippen molar-refractivity contribution in [2.24, 2.45) is 0 Å². The second-order valence-electron chi connectivity index (χ2n) is 6.79. The Morgan fingerprint density at radius 1 is 1.14 bits per heavy atom. The molecule has 0 radical (unpaired) electrons. The summed E-state index contributed by atoms with van der Waals surface area (Å²) in [5, 5.41) is 3.25. The van der Waals surface area contributed by atoms with E-state index in [1.807, 2.05) is 26.8 Å². The fourth-order valence-electron chi connectivity index (χ4n) is 2.95. The monoisotopic (exact) mass is 436 g/mol. The van der Waals surface area contributed by atoms with Gasteiger partial charge in [0.2, 0.25) is 15.9 Å². The number of ether oxygens (including phenoxy) is 1. The summed E-state index contributed by atoms with van der Waals surface area (Å²) in [6, 6.07) is 6.84. The number of hydrogen-bond acceptors (Lipinski definition) is 7. The standard InChI is InChI=1S/C19H24N4O4S2/c1-13-4-5-16(17(10-13)29(25,26)23-6-8-27-9-7-23)22-18(24)12-28-19-20-14(2)11-15(3)21-19/h4-5,10-11H,6-9,12H2,1-3H3,(H,22,24). The maximum absolute atomic E-state index is 13.1. The summed E-state index contributed by atoms with van der Waals surface area (Å²) in [6.45, 7) is 6.87. The first-order chi connectivity index (χ1) is 13.8. The number of rotatable bonds is 6. The zero-order valence-corrected chi connectivity index (χ0v) is 18.3. The van der Waals surface area contributed by atoms with Crippen LogP contribution < -0.4 is 5.32 Å². The van der Waals surface area contributed by atoms with Crippen molar-refractivity contribution in [3.8, 4) is 0 Å². The molecule has 1 amide bonds. The van der Waals surface area contributed by atoms with Gasteiger partial charge in [-0.3, -0.25) is 4.79 Å². The molecule has 2 heterocycles. The van der Waals surface area contributed by atoms with Crippen LogP contribution in [0.1, 0.15) is 17.0 Å². The van der Waals surface area contributed by atoms with Crippen LogP contribution in [0.15, 0.2) is 34.3 Å². The molecule has 0 unspecified atom stereocenters. The van der Waals surface area contributed by atoms with Crippen molar-refractivity contribution in [2.75, 3.05) is 37.4 Å². The zero-order chi connectivity index (χ0) is 21.0. The number of hydrogen-bond donors (Lipinski definition) is 1. The molecule has 0 spiro atoms. The van der Waals surface area contributed by atoms with E-state index in [0.29, 0.717) is 31.5 Å². The predicted molar refractivity (Wildman–Crippen MR) is 112 cm³/mol. The smallest absolute Gasteiger partial charge is 0.245 e. The highest BCUT2D eigenvalue weighted by Crippen LogP contribution is 2.27. The van der Waals surface area contributed by atoms with Gasteiger partial charge in [-0.25, -0.2) is 18.4 Å². The van der Waals surface area contributed by atoms with Crippen LogP contribution in [0.25, 0.3) is 0 Å². The number of benzene rings is 1. The molecule has 1 aromatic heterocycles. The molecule has 2 aromatic rings. The molecule has 1 aromatic carbocycles. The van der Waals surface area contributed by atoms with E-state index in [-0.39, 0.29) is 22.2 Å². The second-order valence-corrected chi connectivity index (χ2v) is 9.64. The molecule has 1 saturated heterocycles. The number of amides is 1. The number of carbonyl (C=O) groups excluding carboxylic acids is 1. The molecule has 3 rings (SSSR count). The minimum absolute atomic E-state index is 0.0772. The third-order valence-electron chi connectivity index (χ3n) is 4.29. The molecule has 10 heteroatoms. The first-order valence-electron chi connectivity index (χ1n) is 9.19. The molecule has 156 valence electrons. The van der Waals surface area contributed by atoms with Gasteiger partial charge >= 0.3 is 0 Å². The van der Waals surface area contributed by atoms with Crippen molar-refractivity contribution in [3.63, 3.8) is 0 Å². The van der Waals surface area contributed by atoms with E-state index in [1.165, 1.54) is 16.1 Å². The summed E-state index contributed by atoms with van der Waals surface area (Å²) in [4.78, 5) is 21.2. The molecule has 0 atom stereocenters. The van der Waals surface area contributed by atoms with Gasteiger partial charge in [-0.2, -0.15) is 4.31 Å². The number of carbonyl (C=O) groups is 1. The normalized spacial score (nSPS) is 15.3. The molecule has 1 fully saturated rings. The third-order valence-corrected chi connectivity index (χ3v) is 7.08. The Morgan fingerprint density at radius 2 is 1.79 bits per heavy atom. The fraction of sp³-hybridized carbons (Fsp3) is 0.421. The number of nitrogens with one attached hydrogen (secondary N) is 1. The van der Waals surface area contributed by atoms with Crippen LogP contribution >= 0.6 is 11.8 Å². The van der Waals surface area contributed by atoms with Gasteiger partial charge in [0.1, 0.15) is 4.90 Å². The third kappa shape index (κ3) is 5.53. The molecule has 0 saturated carbocycles. The summed E-state index contributed by atoms with van der Waals surface area (Å²) >= 11 is 1.21. The lowest BCUT2D eigenvalue weighted by Gasteiger charge is -2.27. The Kier molecular flexibility index (Phi) is 6.89. The van der Waals surface area contributed by atoms with Gasteiger partial charge < -0.3 is 10.1 Å². The number of sulfonamides is 1. The molecular formula is C19H24N4O4S2. The summed E-state index contributed by atoms with van der Waals surface area (Å²) in [7, 11) is -3.73. The van der Waals surface area contributed by atoms with E-state index in [1.54, 1.807) is 18.2 Å². The highest BCUT2D eigenvalue weighted by molar-refractivity contribution is 7.99. The lowest BCUT2D eigenvalue weighted by Crippen LogP contribution is -2.41. The van der Waals surface area contributed by atoms with Gasteiger partial charge in [-0.05, 0) is 44.5 Å². The van der Waals surface area contributed by atoms with Crippen LogP contribution in [0, 0.1) is 20.8 Å². The molecule has 8 nitrogen and oxygen atoms in total. The van der Waals surface area contributed by atoms with Crippen molar-refractivity contribution in [3.05, 3.63) is 41.2 Å². The number of aromatic nitrogens is 2.